The summed E-state index contributed by atoms with van der Waals surface area (Å²) < 4.78 is 11.5. The van der Waals surface area contributed by atoms with E-state index in [1.54, 1.807) is 55.8 Å². The minimum absolute atomic E-state index is 0.0769. The van der Waals surface area contributed by atoms with Crippen LogP contribution in [0.25, 0.3) is 17.0 Å². The van der Waals surface area contributed by atoms with Crippen LogP contribution in [0.4, 0.5) is 16.2 Å². The lowest BCUT2D eigenvalue weighted by Crippen LogP contribution is -2.18. The van der Waals surface area contributed by atoms with Gasteiger partial charge in [0.1, 0.15) is 0 Å². The van der Waals surface area contributed by atoms with Crippen LogP contribution in [-0.2, 0) is 4.74 Å². The number of imidazole rings is 1. The molecule has 2 N–H and O–H groups in total. The number of aryl methyl sites for hydroxylation is 1. The maximum atomic E-state index is 12.3. The van der Waals surface area contributed by atoms with Crippen molar-refractivity contribution in [3.8, 4) is 11.3 Å². The summed E-state index contributed by atoms with van der Waals surface area (Å²) in [6.45, 7) is 5.11. The molecule has 0 bridgehead atoms. The van der Waals surface area contributed by atoms with Crippen LogP contribution in [-0.4, -0.2) is 42.6 Å². The van der Waals surface area contributed by atoms with E-state index >= 15 is 0 Å². The molecule has 4 rings (SSSR count). The quantitative estimate of drug-likeness (QED) is 0.461. The highest BCUT2D eigenvalue weighted by molar-refractivity contribution is 6.33. The molecule has 0 saturated carbocycles. The molecule has 0 spiro atoms. The Balaban J connectivity index is 1.58. The Bertz CT molecular complexity index is 1310. The molecule has 0 atom stereocenters. The fourth-order valence-corrected chi connectivity index (χ4v) is 3.03. The van der Waals surface area contributed by atoms with Gasteiger partial charge in [-0.2, -0.15) is 4.98 Å². The van der Waals surface area contributed by atoms with Gasteiger partial charge in [0.25, 0.3) is 11.7 Å². The molecule has 0 saturated heterocycles. The minimum atomic E-state index is -0.579. The topological polar surface area (TPSA) is 137 Å². The van der Waals surface area contributed by atoms with Gasteiger partial charge in [0.2, 0.25) is 11.7 Å². The molecule has 0 radical (unpaired) electrons. The third-order valence-corrected chi connectivity index (χ3v) is 4.46. The SMILES string of the molecule is Cc1nc(C(=O)Nc2ccc(Cl)c(-c3cn4cc(NC(=O)OC(C)C)cnc4n3)c2)no1. The van der Waals surface area contributed by atoms with Crippen molar-refractivity contribution in [2.24, 2.45) is 0 Å². The lowest BCUT2D eigenvalue weighted by atomic mass is 10.1. The molecule has 0 fully saturated rings. The number of amides is 2. The van der Waals surface area contributed by atoms with Crippen molar-refractivity contribution in [2.75, 3.05) is 10.6 Å². The van der Waals surface area contributed by atoms with Crippen molar-refractivity contribution < 1.29 is 18.8 Å². The molecule has 1 aromatic carbocycles. The molecular weight excluding hydrogens is 438 g/mol. The van der Waals surface area contributed by atoms with Crippen LogP contribution in [0.5, 0.6) is 0 Å². The third-order valence-electron chi connectivity index (χ3n) is 4.13. The summed E-state index contributed by atoms with van der Waals surface area (Å²) in [4.78, 5) is 36.7. The Labute approximate surface area is 186 Å². The van der Waals surface area contributed by atoms with E-state index in [0.29, 0.717) is 33.4 Å². The normalized spacial score (nSPS) is 11.0. The summed E-state index contributed by atoms with van der Waals surface area (Å²) in [7, 11) is 0. The van der Waals surface area contributed by atoms with E-state index in [0.717, 1.165) is 0 Å². The van der Waals surface area contributed by atoms with Crippen molar-refractivity contribution in [2.45, 2.75) is 26.9 Å². The molecule has 3 heterocycles. The van der Waals surface area contributed by atoms with Crippen molar-refractivity contribution >= 4 is 40.8 Å². The van der Waals surface area contributed by atoms with Crippen molar-refractivity contribution in [3.05, 3.63) is 53.5 Å². The van der Waals surface area contributed by atoms with Crippen LogP contribution in [0.3, 0.4) is 0 Å². The first-order chi connectivity index (χ1) is 15.3. The van der Waals surface area contributed by atoms with E-state index in [-0.39, 0.29) is 17.8 Å². The fraction of sp³-hybridized carbons (Fsp3) is 0.200. The number of nitrogens with one attached hydrogen (secondary N) is 2. The van der Waals surface area contributed by atoms with Crippen molar-refractivity contribution in [1.82, 2.24) is 24.5 Å². The van der Waals surface area contributed by atoms with Gasteiger partial charge >= 0.3 is 6.09 Å². The second-order valence-corrected chi connectivity index (χ2v) is 7.45. The van der Waals surface area contributed by atoms with Gasteiger partial charge in [-0.25, -0.2) is 14.8 Å². The first-order valence-corrected chi connectivity index (χ1v) is 9.90. The standard InChI is InChI=1S/C20H18ClN7O4/c1-10(2)31-20(30)25-13-7-22-19-26-16(9-28(19)8-13)14-6-12(4-5-15(14)21)24-18(29)17-23-11(3)32-27-17/h4-10H,1-3H3,(H,24,29)(H,25,30). The van der Waals surface area contributed by atoms with Gasteiger partial charge in [0.05, 0.1) is 28.7 Å². The van der Waals surface area contributed by atoms with Gasteiger partial charge in [-0.05, 0) is 32.0 Å². The second kappa shape index (κ2) is 8.63. The monoisotopic (exact) mass is 455 g/mol. The summed E-state index contributed by atoms with van der Waals surface area (Å²) in [5, 5.41) is 9.33. The molecule has 11 nitrogen and oxygen atoms in total. The smallest absolute Gasteiger partial charge is 0.411 e. The van der Waals surface area contributed by atoms with Gasteiger partial charge in [0.15, 0.2) is 0 Å². The van der Waals surface area contributed by atoms with E-state index < -0.39 is 12.0 Å². The maximum Gasteiger partial charge on any atom is 0.411 e. The number of ether oxygens (including phenoxy) is 1. The number of aromatic nitrogens is 5. The Hall–Kier alpha value is -3.99. The maximum absolute atomic E-state index is 12.3. The van der Waals surface area contributed by atoms with Gasteiger partial charge < -0.3 is 14.6 Å². The molecule has 12 heteroatoms. The lowest BCUT2D eigenvalue weighted by molar-refractivity contribution is 0.101. The Kier molecular flexibility index (Phi) is 5.73. The number of nitrogens with zero attached hydrogens (tertiary/aromatic N) is 5. The number of benzene rings is 1. The number of rotatable bonds is 5. The Morgan fingerprint density at radius 1 is 1.16 bits per heavy atom. The zero-order valence-electron chi connectivity index (χ0n) is 17.3. The van der Waals surface area contributed by atoms with Gasteiger partial charge in [-0.3, -0.25) is 14.5 Å². The number of hydrogen-bond acceptors (Lipinski definition) is 8. The summed E-state index contributed by atoms with van der Waals surface area (Å²) in [6.07, 6.45) is 4.00. The predicted molar refractivity (Wildman–Crippen MR) is 116 cm³/mol. The Morgan fingerprint density at radius 2 is 1.97 bits per heavy atom. The van der Waals surface area contributed by atoms with E-state index in [1.165, 1.54) is 6.20 Å². The third kappa shape index (κ3) is 4.67. The van der Waals surface area contributed by atoms with Crippen molar-refractivity contribution in [1.29, 1.82) is 0 Å². The molecule has 0 aliphatic carbocycles. The number of anilines is 2. The summed E-state index contributed by atoms with van der Waals surface area (Å²) in [5.74, 6) is 0.0915. The van der Waals surface area contributed by atoms with Gasteiger partial charge in [-0.1, -0.05) is 16.8 Å². The van der Waals surface area contributed by atoms with Crippen LogP contribution in [0, 0.1) is 6.92 Å². The minimum Gasteiger partial charge on any atom is -0.447 e. The predicted octanol–water partition coefficient (Wildman–Crippen LogP) is 3.95. The van der Waals surface area contributed by atoms with Crippen molar-refractivity contribution in [3.63, 3.8) is 0 Å². The fourth-order valence-electron chi connectivity index (χ4n) is 2.82. The number of carbonyl (C=O) groups excluding carboxylic acids is 2. The van der Waals surface area contributed by atoms with Crippen LogP contribution in [0.1, 0.15) is 30.4 Å². The van der Waals surface area contributed by atoms with E-state index in [1.807, 2.05) is 0 Å². The summed E-state index contributed by atoms with van der Waals surface area (Å²) in [5.41, 5.74) is 2.01. The molecule has 0 aliphatic rings. The van der Waals surface area contributed by atoms with E-state index in [2.05, 4.69) is 30.7 Å². The highest BCUT2D eigenvalue weighted by atomic mass is 35.5. The number of carbonyl (C=O) groups is 2. The van der Waals surface area contributed by atoms with Gasteiger partial charge in [0, 0.05) is 30.6 Å². The number of hydrogen-bond donors (Lipinski definition) is 2. The summed E-state index contributed by atoms with van der Waals surface area (Å²) in [6, 6.07) is 4.96. The van der Waals surface area contributed by atoms with E-state index in [4.69, 9.17) is 20.9 Å². The number of fused-ring (bicyclic) bond motifs is 1. The first-order valence-electron chi connectivity index (χ1n) is 9.52. The van der Waals surface area contributed by atoms with Crippen LogP contribution in [0.15, 0.2) is 41.3 Å². The van der Waals surface area contributed by atoms with Crippen LogP contribution in [0.2, 0.25) is 5.02 Å². The number of halogens is 1. The molecule has 0 unspecified atom stereocenters. The summed E-state index contributed by atoms with van der Waals surface area (Å²) >= 11 is 6.37. The zero-order valence-corrected chi connectivity index (χ0v) is 18.0. The second-order valence-electron chi connectivity index (χ2n) is 7.04. The molecule has 3 aromatic heterocycles. The average molecular weight is 456 g/mol. The van der Waals surface area contributed by atoms with Gasteiger partial charge in [-0.15, -0.1) is 0 Å². The highest BCUT2D eigenvalue weighted by Crippen LogP contribution is 2.30. The lowest BCUT2D eigenvalue weighted by Gasteiger charge is -2.09. The first kappa shape index (κ1) is 21.2. The molecular formula is C20H18ClN7O4. The highest BCUT2D eigenvalue weighted by Gasteiger charge is 2.16. The molecule has 32 heavy (non-hydrogen) atoms. The molecule has 0 aliphatic heterocycles. The van der Waals surface area contributed by atoms with Crippen LogP contribution < -0.4 is 10.6 Å². The zero-order chi connectivity index (χ0) is 22.8. The average Bonchev–Trinajstić information content (AvgIpc) is 3.34. The molecule has 164 valence electrons. The molecule has 2 amide bonds. The largest absolute Gasteiger partial charge is 0.447 e. The van der Waals surface area contributed by atoms with E-state index in [9.17, 15) is 9.59 Å². The Morgan fingerprint density at radius 3 is 2.69 bits per heavy atom. The molecule has 4 aromatic rings. The van der Waals surface area contributed by atoms with Crippen LogP contribution >= 0.6 is 11.6 Å².